The Morgan fingerprint density at radius 3 is 2.45 bits per heavy atom. The van der Waals surface area contributed by atoms with E-state index < -0.39 is 0 Å². The molecule has 0 saturated heterocycles. The van der Waals surface area contributed by atoms with E-state index in [0.29, 0.717) is 12.2 Å². The number of carbonyl (C=O) groups is 1. The van der Waals surface area contributed by atoms with Crippen LogP contribution in [0.1, 0.15) is 5.56 Å². The molecule has 0 unspecified atom stereocenters. The molecule has 0 amide bonds. The maximum Gasteiger partial charge on any atom is 0.146 e. The van der Waals surface area contributed by atoms with Crippen LogP contribution in [-0.2, 0) is 11.2 Å². The van der Waals surface area contributed by atoms with E-state index in [4.69, 9.17) is 5.90 Å². The fourth-order valence-corrected chi connectivity index (χ4v) is 0.800. The maximum absolute atomic E-state index is 10.1. The second kappa shape index (κ2) is 3.73. The number of hydrogen-bond donors (Lipinski definition) is 1. The van der Waals surface area contributed by atoms with Crippen LogP contribution in [0.5, 0.6) is 5.75 Å². The number of benzene rings is 1. The van der Waals surface area contributed by atoms with Gasteiger partial charge < -0.3 is 9.63 Å². The van der Waals surface area contributed by atoms with Gasteiger partial charge in [0.25, 0.3) is 0 Å². The third kappa shape index (κ3) is 2.05. The lowest BCUT2D eigenvalue weighted by molar-refractivity contribution is -0.107. The van der Waals surface area contributed by atoms with Crippen LogP contribution in [0.3, 0.4) is 0 Å². The fraction of sp³-hybridized carbons (Fsp3) is 0.125. The Bertz CT molecular complexity index is 230. The average Bonchev–Trinajstić information content (AvgIpc) is 2.07. The van der Waals surface area contributed by atoms with Gasteiger partial charge in [-0.1, -0.05) is 12.1 Å². The lowest BCUT2D eigenvalue weighted by Crippen LogP contribution is -2.01. The molecule has 0 heterocycles. The molecule has 0 aliphatic carbocycles. The van der Waals surface area contributed by atoms with Gasteiger partial charge in [-0.25, -0.2) is 0 Å². The van der Waals surface area contributed by atoms with E-state index in [1.54, 1.807) is 24.3 Å². The van der Waals surface area contributed by atoms with Crippen LogP contribution in [0.15, 0.2) is 24.3 Å². The highest BCUT2D eigenvalue weighted by Gasteiger charge is 1.92. The summed E-state index contributed by atoms with van der Waals surface area (Å²) in [5.74, 6) is 5.50. The van der Waals surface area contributed by atoms with Crippen molar-refractivity contribution < 1.29 is 9.63 Å². The fourth-order valence-electron chi connectivity index (χ4n) is 0.800. The summed E-state index contributed by atoms with van der Waals surface area (Å²) < 4.78 is 0. The molecule has 0 fully saturated rings. The molecule has 0 saturated carbocycles. The zero-order valence-electron chi connectivity index (χ0n) is 5.99. The van der Waals surface area contributed by atoms with E-state index in [0.717, 1.165) is 11.8 Å². The van der Waals surface area contributed by atoms with Crippen molar-refractivity contribution in [3.63, 3.8) is 0 Å². The van der Waals surface area contributed by atoms with Crippen LogP contribution < -0.4 is 10.7 Å². The highest BCUT2D eigenvalue weighted by atomic mass is 16.6. The minimum atomic E-state index is 0.435. The third-order valence-electron chi connectivity index (χ3n) is 1.38. The van der Waals surface area contributed by atoms with Gasteiger partial charge >= 0.3 is 0 Å². The standard InChI is InChI=1S/C8H9NO2/c9-11-8-3-1-7(2-4-8)5-6-10/h1-4,6H,5,9H2. The van der Waals surface area contributed by atoms with Crippen LogP contribution in [0.25, 0.3) is 0 Å². The highest BCUT2D eigenvalue weighted by Crippen LogP contribution is 2.09. The second-order valence-electron chi connectivity index (χ2n) is 2.13. The van der Waals surface area contributed by atoms with Crippen molar-refractivity contribution in [1.82, 2.24) is 0 Å². The number of nitrogens with two attached hydrogens (primary N) is 1. The Morgan fingerprint density at radius 1 is 1.36 bits per heavy atom. The van der Waals surface area contributed by atoms with Crippen LogP contribution in [0.4, 0.5) is 0 Å². The average molecular weight is 151 g/mol. The summed E-state index contributed by atoms with van der Waals surface area (Å²) in [6.45, 7) is 0. The van der Waals surface area contributed by atoms with Crippen LogP contribution >= 0.6 is 0 Å². The first-order chi connectivity index (χ1) is 5.36. The lowest BCUT2D eigenvalue weighted by atomic mass is 10.2. The third-order valence-corrected chi connectivity index (χ3v) is 1.38. The zero-order valence-corrected chi connectivity index (χ0v) is 5.99. The Morgan fingerprint density at radius 2 is 2.00 bits per heavy atom. The Hall–Kier alpha value is -1.35. The summed E-state index contributed by atoms with van der Waals surface area (Å²) in [5, 5.41) is 0. The molecule has 0 atom stereocenters. The first-order valence-electron chi connectivity index (χ1n) is 3.26. The minimum absolute atomic E-state index is 0.435. The van der Waals surface area contributed by atoms with Gasteiger partial charge in [-0.05, 0) is 17.7 Å². The van der Waals surface area contributed by atoms with E-state index >= 15 is 0 Å². The van der Waals surface area contributed by atoms with E-state index in [2.05, 4.69) is 4.84 Å². The van der Waals surface area contributed by atoms with Gasteiger partial charge in [-0.3, -0.25) is 0 Å². The SMILES string of the molecule is NOc1ccc(CC=O)cc1. The smallest absolute Gasteiger partial charge is 0.146 e. The molecular weight excluding hydrogens is 142 g/mol. The van der Waals surface area contributed by atoms with Gasteiger partial charge in [0.2, 0.25) is 0 Å². The van der Waals surface area contributed by atoms with Gasteiger partial charge in [0.15, 0.2) is 0 Å². The number of rotatable bonds is 3. The Labute approximate surface area is 64.7 Å². The van der Waals surface area contributed by atoms with Gasteiger partial charge in [-0.2, -0.15) is 5.90 Å². The van der Waals surface area contributed by atoms with Crippen molar-refractivity contribution in [1.29, 1.82) is 0 Å². The summed E-state index contributed by atoms with van der Waals surface area (Å²) in [6, 6.07) is 7.05. The quantitative estimate of drug-likeness (QED) is 0.510. The van der Waals surface area contributed by atoms with Crippen LogP contribution in [0, 0.1) is 0 Å². The van der Waals surface area contributed by atoms with Gasteiger partial charge in [-0.15, -0.1) is 0 Å². The monoisotopic (exact) mass is 151 g/mol. The van der Waals surface area contributed by atoms with E-state index in [9.17, 15) is 4.79 Å². The predicted molar refractivity (Wildman–Crippen MR) is 41.0 cm³/mol. The van der Waals surface area contributed by atoms with Crippen molar-refractivity contribution in [3.8, 4) is 5.75 Å². The number of hydrogen-bond acceptors (Lipinski definition) is 3. The van der Waals surface area contributed by atoms with Crippen LogP contribution in [0.2, 0.25) is 0 Å². The maximum atomic E-state index is 10.1. The summed E-state index contributed by atoms with van der Waals surface area (Å²) in [4.78, 5) is 14.5. The second-order valence-corrected chi connectivity index (χ2v) is 2.13. The molecule has 58 valence electrons. The molecule has 11 heavy (non-hydrogen) atoms. The van der Waals surface area contributed by atoms with Crippen LogP contribution in [-0.4, -0.2) is 6.29 Å². The molecule has 0 aliphatic rings. The molecule has 0 aliphatic heterocycles. The molecule has 0 bridgehead atoms. The first-order valence-corrected chi connectivity index (χ1v) is 3.26. The Kier molecular flexibility index (Phi) is 2.63. The van der Waals surface area contributed by atoms with Gasteiger partial charge in [0, 0.05) is 6.42 Å². The molecule has 0 aromatic heterocycles. The largest absolute Gasteiger partial charge is 0.412 e. The lowest BCUT2D eigenvalue weighted by Gasteiger charge is -1.98. The molecule has 2 N–H and O–H groups in total. The van der Waals surface area contributed by atoms with Crippen molar-refractivity contribution in [2.75, 3.05) is 0 Å². The summed E-state index contributed by atoms with van der Waals surface area (Å²) in [6.07, 6.45) is 1.29. The summed E-state index contributed by atoms with van der Waals surface area (Å²) in [5.41, 5.74) is 0.959. The summed E-state index contributed by atoms with van der Waals surface area (Å²) >= 11 is 0. The van der Waals surface area contributed by atoms with E-state index in [1.807, 2.05) is 0 Å². The number of aldehydes is 1. The van der Waals surface area contributed by atoms with Crippen molar-refractivity contribution in [3.05, 3.63) is 29.8 Å². The van der Waals surface area contributed by atoms with E-state index in [-0.39, 0.29) is 0 Å². The van der Waals surface area contributed by atoms with Gasteiger partial charge in [0.05, 0.1) is 0 Å². The molecule has 0 radical (unpaired) electrons. The van der Waals surface area contributed by atoms with Crippen molar-refractivity contribution >= 4 is 6.29 Å². The molecule has 1 aromatic carbocycles. The molecular formula is C8H9NO2. The Balaban J connectivity index is 2.74. The predicted octanol–water partition coefficient (Wildman–Crippen LogP) is 0.681. The zero-order chi connectivity index (χ0) is 8.10. The molecule has 1 rings (SSSR count). The van der Waals surface area contributed by atoms with Crippen molar-refractivity contribution in [2.24, 2.45) is 5.90 Å². The van der Waals surface area contributed by atoms with Gasteiger partial charge in [0.1, 0.15) is 12.0 Å². The topological polar surface area (TPSA) is 52.3 Å². The first kappa shape index (κ1) is 7.75. The normalized spacial score (nSPS) is 9.18. The number of carbonyl (C=O) groups excluding carboxylic acids is 1. The summed E-state index contributed by atoms with van der Waals surface area (Å²) in [7, 11) is 0. The molecule has 0 spiro atoms. The highest BCUT2D eigenvalue weighted by molar-refractivity contribution is 5.55. The molecule has 1 aromatic rings. The molecule has 3 heteroatoms. The van der Waals surface area contributed by atoms with Crippen molar-refractivity contribution in [2.45, 2.75) is 6.42 Å². The minimum Gasteiger partial charge on any atom is -0.412 e. The molecule has 3 nitrogen and oxygen atoms in total. The van der Waals surface area contributed by atoms with E-state index in [1.165, 1.54) is 0 Å².